The van der Waals surface area contributed by atoms with Gasteiger partial charge in [0.25, 0.3) is 0 Å². The summed E-state index contributed by atoms with van der Waals surface area (Å²) in [6.45, 7) is -0.0328. The van der Waals surface area contributed by atoms with Crippen molar-refractivity contribution in [2.75, 3.05) is 13.7 Å². The third-order valence-corrected chi connectivity index (χ3v) is 4.20. The molecule has 1 aromatic carbocycles. The van der Waals surface area contributed by atoms with Crippen LogP contribution in [0.4, 0.5) is 0 Å². The van der Waals surface area contributed by atoms with Crippen molar-refractivity contribution >= 4 is 23.5 Å². The van der Waals surface area contributed by atoms with Crippen LogP contribution in [0.2, 0.25) is 5.02 Å². The van der Waals surface area contributed by atoms with Crippen molar-refractivity contribution in [3.63, 3.8) is 0 Å². The van der Waals surface area contributed by atoms with Gasteiger partial charge in [-0.25, -0.2) is 4.79 Å². The quantitative estimate of drug-likeness (QED) is 0.806. The number of amides is 1. The molecule has 0 saturated heterocycles. The van der Waals surface area contributed by atoms with Gasteiger partial charge in [0.1, 0.15) is 0 Å². The van der Waals surface area contributed by atoms with Gasteiger partial charge in [-0.3, -0.25) is 4.79 Å². The van der Waals surface area contributed by atoms with Crippen LogP contribution in [0.3, 0.4) is 0 Å². The standard InChI is InChI=1S/C15H18ClNO4/c1-21-12(13(18)19)9-17-14(20)15(6-7-15)8-10-4-2-3-5-11(10)16/h2-5,12H,6-9H2,1H3,(H,17,20)(H,18,19). The highest BCUT2D eigenvalue weighted by Crippen LogP contribution is 2.49. The SMILES string of the molecule is COC(CNC(=O)C1(Cc2ccccc2Cl)CC1)C(=O)O. The topological polar surface area (TPSA) is 75.6 Å². The van der Waals surface area contributed by atoms with Crippen LogP contribution < -0.4 is 5.32 Å². The van der Waals surface area contributed by atoms with Gasteiger partial charge >= 0.3 is 5.97 Å². The van der Waals surface area contributed by atoms with Crippen molar-refractivity contribution < 1.29 is 19.4 Å². The van der Waals surface area contributed by atoms with Crippen LogP contribution in [0, 0.1) is 5.41 Å². The van der Waals surface area contributed by atoms with Gasteiger partial charge in [-0.2, -0.15) is 0 Å². The van der Waals surface area contributed by atoms with E-state index in [1.165, 1.54) is 7.11 Å². The van der Waals surface area contributed by atoms with Gasteiger partial charge in [-0.15, -0.1) is 0 Å². The molecule has 0 aromatic heterocycles. The maximum atomic E-state index is 12.3. The number of halogens is 1. The first-order valence-corrected chi connectivity index (χ1v) is 7.13. The minimum Gasteiger partial charge on any atom is -0.479 e. The lowest BCUT2D eigenvalue weighted by Crippen LogP contribution is -2.41. The van der Waals surface area contributed by atoms with Crippen molar-refractivity contribution in [2.24, 2.45) is 5.41 Å². The Labute approximate surface area is 128 Å². The molecule has 1 amide bonds. The molecule has 1 aliphatic rings. The molecule has 1 atom stereocenters. The lowest BCUT2D eigenvalue weighted by Gasteiger charge is -2.18. The van der Waals surface area contributed by atoms with Gasteiger partial charge in [0, 0.05) is 12.1 Å². The van der Waals surface area contributed by atoms with Gasteiger partial charge < -0.3 is 15.2 Å². The molecular weight excluding hydrogens is 294 g/mol. The van der Waals surface area contributed by atoms with E-state index in [0.717, 1.165) is 18.4 Å². The molecule has 1 aromatic rings. The van der Waals surface area contributed by atoms with Crippen LogP contribution in [-0.2, 0) is 20.7 Å². The molecule has 2 N–H and O–H groups in total. The molecule has 2 rings (SSSR count). The summed E-state index contributed by atoms with van der Waals surface area (Å²) in [5, 5.41) is 12.2. The van der Waals surface area contributed by atoms with Crippen LogP contribution in [0.5, 0.6) is 0 Å². The second-order valence-electron chi connectivity index (χ2n) is 5.32. The van der Waals surface area contributed by atoms with E-state index in [4.69, 9.17) is 21.4 Å². The number of carbonyl (C=O) groups excluding carboxylic acids is 1. The highest BCUT2D eigenvalue weighted by atomic mass is 35.5. The second-order valence-corrected chi connectivity index (χ2v) is 5.73. The largest absolute Gasteiger partial charge is 0.479 e. The summed E-state index contributed by atoms with van der Waals surface area (Å²) in [5.41, 5.74) is 0.482. The van der Waals surface area contributed by atoms with Crippen molar-refractivity contribution in [3.8, 4) is 0 Å². The van der Waals surface area contributed by atoms with E-state index in [-0.39, 0.29) is 12.5 Å². The van der Waals surface area contributed by atoms with Crippen LogP contribution in [0.1, 0.15) is 18.4 Å². The first-order valence-electron chi connectivity index (χ1n) is 6.76. The van der Waals surface area contributed by atoms with E-state index in [9.17, 15) is 9.59 Å². The normalized spacial score (nSPS) is 17.0. The maximum Gasteiger partial charge on any atom is 0.334 e. The fourth-order valence-electron chi connectivity index (χ4n) is 2.29. The minimum atomic E-state index is -1.09. The lowest BCUT2D eigenvalue weighted by molar-refractivity contribution is -0.148. The predicted octanol–water partition coefficient (Wildman–Crippen LogP) is 1.88. The third kappa shape index (κ3) is 3.74. The molecule has 6 heteroatoms. The smallest absolute Gasteiger partial charge is 0.334 e. The molecule has 114 valence electrons. The summed E-state index contributed by atoms with van der Waals surface area (Å²) in [7, 11) is 1.31. The van der Waals surface area contributed by atoms with Crippen molar-refractivity contribution in [1.29, 1.82) is 0 Å². The van der Waals surface area contributed by atoms with Gasteiger partial charge in [0.05, 0.1) is 12.0 Å². The number of ether oxygens (including phenoxy) is 1. The van der Waals surface area contributed by atoms with Crippen LogP contribution in [-0.4, -0.2) is 36.7 Å². The molecule has 5 nitrogen and oxygen atoms in total. The molecule has 0 bridgehead atoms. The van der Waals surface area contributed by atoms with Crippen molar-refractivity contribution in [1.82, 2.24) is 5.32 Å². The molecule has 0 heterocycles. The van der Waals surface area contributed by atoms with Crippen molar-refractivity contribution in [3.05, 3.63) is 34.9 Å². The molecule has 21 heavy (non-hydrogen) atoms. The molecule has 0 radical (unpaired) electrons. The zero-order chi connectivity index (χ0) is 15.5. The molecule has 1 aliphatic carbocycles. The Morgan fingerprint density at radius 3 is 2.62 bits per heavy atom. The Balaban J connectivity index is 1.96. The third-order valence-electron chi connectivity index (χ3n) is 3.83. The zero-order valence-electron chi connectivity index (χ0n) is 11.8. The molecule has 1 fully saturated rings. The summed E-state index contributed by atoms with van der Waals surface area (Å²) in [4.78, 5) is 23.1. The van der Waals surface area contributed by atoms with E-state index in [1.807, 2.05) is 18.2 Å². The van der Waals surface area contributed by atoms with E-state index in [1.54, 1.807) is 6.07 Å². The summed E-state index contributed by atoms with van der Waals surface area (Å²) < 4.78 is 4.80. The number of hydrogen-bond acceptors (Lipinski definition) is 3. The summed E-state index contributed by atoms with van der Waals surface area (Å²) in [5.74, 6) is -1.22. The molecule has 0 aliphatic heterocycles. The molecule has 1 saturated carbocycles. The monoisotopic (exact) mass is 311 g/mol. The fourth-order valence-corrected chi connectivity index (χ4v) is 2.49. The lowest BCUT2D eigenvalue weighted by atomic mass is 9.95. The van der Waals surface area contributed by atoms with Crippen LogP contribution >= 0.6 is 11.6 Å². The fraction of sp³-hybridized carbons (Fsp3) is 0.467. The van der Waals surface area contributed by atoms with E-state index in [2.05, 4.69) is 5.32 Å². The van der Waals surface area contributed by atoms with Gasteiger partial charge in [-0.05, 0) is 30.9 Å². The Morgan fingerprint density at radius 2 is 2.10 bits per heavy atom. The Morgan fingerprint density at radius 1 is 1.43 bits per heavy atom. The number of rotatable bonds is 7. The van der Waals surface area contributed by atoms with Crippen LogP contribution in [0.25, 0.3) is 0 Å². The predicted molar refractivity (Wildman–Crippen MR) is 78.3 cm³/mol. The number of methoxy groups -OCH3 is 1. The highest BCUT2D eigenvalue weighted by Gasteiger charge is 2.49. The van der Waals surface area contributed by atoms with Crippen LogP contribution in [0.15, 0.2) is 24.3 Å². The Hall–Kier alpha value is -1.59. The van der Waals surface area contributed by atoms with E-state index < -0.39 is 17.5 Å². The average Bonchev–Trinajstić information content (AvgIpc) is 3.22. The summed E-state index contributed by atoms with van der Waals surface area (Å²) in [6.07, 6.45) is 1.12. The number of carboxylic acids is 1. The van der Waals surface area contributed by atoms with Gasteiger partial charge in [0.15, 0.2) is 6.10 Å². The minimum absolute atomic E-state index is 0.0328. The number of nitrogens with one attached hydrogen (secondary N) is 1. The van der Waals surface area contributed by atoms with Gasteiger partial charge in [0.2, 0.25) is 5.91 Å². The second kappa shape index (κ2) is 6.45. The molecule has 0 spiro atoms. The number of hydrogen-bond donors (Lipinski definition) is 2. The van der Waals surface area contributed by atoms with E-state index >= 15 is 0 Å². The number of aliphatic carboxylic acids is 1. The van der Waals surface area contributed by atoms with Crippen molar-refractivity contribution in [2.45, 2.75) is 25.4 Å². The summed E-state index contributed by atoms with van der Waals surface area (Å²) in [6, 6.07) is 7.45. The highest BCUT2D eigenvalue weighted by molar-refractivity contribution is 6.31. The molecular formula is C15H18ClNO4. The molecule has 1 unspecified atom stereocenters. The number of carbonyl (C=O) groups is 2. The van der Waals surface area contributed by atoms with Gasteiger partial charge in [-0.1, -0.05) is 29.8 Å². The Kier molecular flexibility index (Phi) is 4.85. The maximum absolute atomic E-state index is 12.3. The summed E-state index contributed by atoms with van der Waals surface area (Å²) >= 11 is 6.12. The number of benzene rings is 1. The zero-order valence-corrected chi connectivity index (χ0v) is 12.5. The van der Waals surface area contributed by atoms with E-state index in [0.29, 0.717) is 11.4 Å². The first kappa shape index (κ1) is 15.8. The average molecular weight is 312 g/mol. The first-order chi connectivity index (χ1) is 9.98. The number of carboxylic acid groups (broad SMARTS) is 1. The Bertz CT molecular complexity index is 542.